The summed E-state index contributed by atoms with van der Waals surface area (Å²) in [5.74, 6) is 0. The quantitative estimate of drug-likeness (QED) is 0.913. The van der Waals surface area contributed by atoms with Gasteiger partial charge in [0, 0.05) is 19.1 Å². The van der Waals surface area contributed by atoms with Crippen LogP contribution in [0.3, 0.4) is 0 Å². The third-order valence-corrected chi connectivity index (χ3v) is 5.30. The fraction of sp³-hybridized carbons (Fsp3) is 0.632. The smallest absolute Gasteiger partial charge is 0.408 e. The van der Waals surface area contributed by atoms with Crippen LogP contribution in [0.2, 0.25) is 0 Å². The highest BCUT2D eigenvalue weighted by Gasteiger charge is 2.67. The molecule has 0 bridgehead atoms. The van der Waals surface area contributed by atoms with Gasteiger partial charge in [-0.3, -0.25) is 4.90 Å². The van der Waals surface area contributed by atoms with Crippen LogP contribution < -0.4 is 5.32 Å². The summed E-state index contributed by atoms with van der Waals surface area (Å²) in [6.45, 7) is 8.38. The van der Waals surface area contributed by atoms with Crippen molar-refractivity contribution in [2.45, 2.75) is 63.4 Å². The molecule has 2 aliphatic rings. The summed E-state index contributed by atoms with van der Waals surface area (Å²) in [5.41, 5.74) is -1.61. The molecule has 1 heterocycles. The van der Waals surface area contributed by atoms with Gasteiger partial charge < -0.3 is 10.1 Å². The van der Waals surface area contributed by atoms with E-state index in [-0.39, 0.29) is 6.04 Å². The van der Waals surface area contributed by atoms with Crippen LogP contribution in [0.15, 0.2) is 30.3 Å². The predicted octanol–water partition coefficient (Wildman–Crippen LogP) is 3.83. The number of fused-ring (bicyclic) bond motifs is 1. The maximum Gasteiger partial charge on any atom is 0.408 e. The summed E-state index contributed by atoms with van der Waals surface area (Å²) in [6.07, 6.45) is 0.611. The molecule has 0 spiro atoms. The molecule has 1 saturated heterocycles. The molecular formula is C19H27FN2O2. The lowest BCUT2D eigenvalue weighted by molar-refractivity contribution is -0.0305. The highest BCUT2D eigenvalue weighted by Crippen LogP contribution is 2.52. The number of nitrogens with zero attached hydrogens (tertiary/aromatic N) is 1. The number of carbonyl (C=O) groups excluding carboxylic acids is 1. The van der Waals surface area contributed by atoms with Gasteiger partial charge >= 0.3 is 6.09 Å². The number of halogens is 1. The molecule has 132 valence electrons. The molecule has 24 heavy (non-hydrogen) atoms. The van der Waals surface area contributed by atoms with Crippen LogP contribution in [0.25, 0.3) is 0 Å². The van der Waals surface area contributed by atoms with Crippen LogP contribution in [0, 0.1) is 0 Å². The van der Waals surface area contributed by atoms with Gasteiger partial charge in [0.05, 0.1) is 5.54 Å². The monoisotopic (exact) mass is 334 g/mol. The van der Waals surface area contributed by atoms with Crippen molar-refractivity contribution in [3.8, 4) is 0 Å². The van der Waals surface area contributed by atoms with E-state index in [0.29, 0.717) is 25.9 Å². The van der Waals surface area contributed by atoms with Crippen molar-refractivity contribution in [1.82, 2.24) is 10.2 Å². The molecule has 4 nitrogen and oxygen atoms in total. The van der Waals surface area contributed by atoms with Crippen molar-refractivity contribution in [3.05, 3.63) is 35.9 Å². The Bertz CT molecular complexity index is 616. The molecule has 1 saturated carbocycles. The number of hydrogen-bond donors (Lipinski definition) is 1. The number of rotatable bonds is 3. The van der Waals surface area contributed by atoms with Gasteiger partial charge in [-0.05, 0) is 46.1 Å². The lowest BCUT2D eigenvalue weighted by atomic mass is 9.66. The SMILES string of the molecule is CC(c1ccccc1)N1C[C@@]2(F)CC[C@@]2(NC(=O)OC(C)(C)C)C1. The zero-order valence-electron chi connectivity index (χ0n) is 14.9. The third-order valence-electron chi connectivity index (χ3n) is 5.30. The van der Waals surface area contributed by atoms with Gasteiger partial charge in [-0.2, -0.15) is 0 Å². The van der Waals surface area contributed by atoms with Gasteiger partial charge in [0.15, 0.2) is 0 Å². The Balaban J connectivity index is 1.72. The number of carbonyl (C=O) groups is 1. The van der Waals surface area contributed by atoms with E-state index in [0.717, 1.165) is 5.56 Å². The van der Waals surface area contributed by atoms with E-state index in [2.05, 4.69) is 29.3 Å². The molecule has 1 aliphatic carbocycles. The predicted molar refractivity (Wildman–Crippen MR) is 91.6 cm³/mol. The molecule has 1 aromatic rings. The molecule has 0 radical (unpaired) electrons. The average Bonchev–Trinajstić information content (AvgIpc) is 2.68. The molecule has 5 heteroatoms. The maximum absolute atomic E-state index is 15.4. The summed E-state index contributed by atoms with van der Waals surface area (Å²) in [4.78, 5) is 14.3. The Morgan fingerprint density at radius 1 is 1.25 bits per heavy atom. The first-order valence-electron chi connectivity index (χ1n) is 8.63. The normalized spacial score (nSPS) is 31.0. The van der Waals surface area contributed by atoms with Crippen LogP contribution in [-0.2, 0) is 4.74 Å². The Morgan fingerprint density at radius 2 is 1.92 bits per heavy atom. The van der Waals surface area contributed by atoms with Crippen LogP contribution in [-0.4, -0.2) is 40.9 Å². The van der Waals surface area contributed by atoms with Gasteiger partial charge in [0.2, 0.25) is 0 Å². The van der Waals surface area contributed by atoms with Crippen LogP contribution in [0.5, 0.6) is 0 Å². The molecule has 1 aromatic carbocycles. The standard InChI is InChI=1S/C19H27FN2O2/c1-14(15-8-6-5-7-9-15)22-12-18(20)10-11-19(18,13-22)21-16(23)24-17(2,3)4/h5-9,14H,10-13H2,1-4H3,(H,21,23)/t14?,18-,19+/m0/s1. The molecule has 1 aliphatic heterocycles. The number of nitrogens with one attached hydrogen (secondary N) is 1. The second-order valence-electron chi connectivity index (χ2n) is 8.17. The van der Waals surface area contributed by atoms with E-state index in [1.807, 2.05) is 39.0 Å². The fourth-order valence-corrected chi connectivity index (χ4v) is 3.80. The van der Waals surface area contributed by atoms with Gasteiger partial charge in [-0.25, -0.2) is 9.18 Å². The molecule has 0 aromatic heterocycles. The zero-order chi connectivity index (χ0) is 17.6. The van der Waals surface area contributed by atoms with E-state index in [9.17, 15) is 4.79 Å². The second kappa shape index (κ2) is 5.73. The van der Waals surface area contributed by atoms with Crippen molar-refractivity contribution in [1.29, 1.82) is 0 Å². The van der Waals surface area contributed by atoms with Crippen LogP contribution in [0.4, 0.5) is 9.18 Å². The molecule has 3 atom stereocenters. The highest BCUT2D eigenvalue weighted by molar-refractivity contribution is 5.70. The maximum atomic E-state index is 15.4. The summed E-state index contributed by atoms with van der Waals surface area (Å²) < 4.78 is 20.7. The molecule has 1 N–H and O–H groups in total. The largest absolute Gasteiger partial charge is 0.444 e. The third kappa shape index (κ3) is 3.02. The number of hydrogen-bond acceptors (Lipinski definition) is 3. The summed E-state index contributed by atoms with van der Waals surface area (Å²) >= 11 is 0. The van der Waals surface area contributed by atoms with Crippen molar-refractivity contribution in [2.75, 3.05) is 13.1 Å². The van der Waals surface area contributed by atoms with Gasteiger partial charge in [0.1, 0.15) is 11.3 Å². The number of benzene rings is 1. The average molecular weight is 334 g/mol. The Morgan fingerprint density at radius 3 is 2.46 bits per heavy atom. The van der Waals surface area contributed by atoms with Crippen LogP contribution in [0.1, 0.15) is 52.1 Å². The lowest BCUT2D eigenvalue weighted by Gasteiger charge is -2.49. The minimum absolute atomic E-state index is 0.113. The Labute approximate surface area is 143 Å². The van der Waals surface area contributed by atoms with E-state index < -0.39 is 22.9 Å². The Hall–Kier alpha value is -1.62. The zero-order valence-corrected chi connectivity index (χ0v) is 14.9. The molecule has 3 rings (SSSR count). The van der Waals surface area contributed by atoms with Crippen molar-refractivity contribution in [3.63, 3.8) is 0 Å². The number of ether oxygens (including phenoxy) is 1. The van der Waals surface area contributed by atoms with Crippen molar-refractivity contribution < 1.29 is 13.9 Å². The first-order chi connectivity index (χ1) is 11.1. The molecule has 2 fully saturated rings. The van der Waals surface area contributed by atoms with Gasteiger partial charge in [-0.1, -0.05) is 30.3 Å². The van der Waals surface area contributed by atoms with E-state index in [4.69, 9.17) is 4.74 Å². The summed E-state index contributed by atoms with van der Waals surface area (Å²) in [7, 11) is 0. The van der Waals surface area contributed by atoms with Gasteiger partial charge in [-0.15, -0.1) is 0 Å². The first kappa shape index (κ1) is 17.2. The minimum Gasteiger partial charge on any atom is -0.444 e. The first-order valence-corrected chi connectivity index (χ1v) is 8.63. The summed E-state index contributed by atoms with van der Waals surface area (Å²) in [6, 6.07) is 10.2. The molecular weight excluding hydrogens is 307 g/mol. The summed E-state index contributed by atoms with van der Waals surface area (Å²) in [5, 5.41) is 2.85. The molecule has 1 amide bonds. The van der Waals surface area contributed by atoms with Crippen LogP contribution >= 0.6 is 0 Å². The van der Waals surface area contributed by atoms with Crippen molar-refractivity contribution >= 4 is 6.09 Å². The lowest BCUT2D eigenvalue weighted by Crippen LogP contribution is -2.69. The van der Waals surface area contributed by atoms with E-state index >= 15 is 4.39 Å². The van der Waals surface area contributed by atoms with E-state index in [1.165, 1.54) is 0 Å². The van der Waals surface area contributed by atoms with Crippen molar-refractivity contribution in [2.24, 2.45) is 0 Å². The number of likely N-dealkylation sites (tertiary alicyclic amines) is 1. The second-order valence-corrected chi connectivity index (χ2v) is 8.17. The molecule has 1 unspecified atom stereocenters. The number of alkyl halides is 1. The highest BCUT2D eigenvalue weighted by atomic mass is 19.1. The van der Waals surface area contributed by atoms with E-state index in [1.54, 1.807) is 0 Å². The topological polar surface area (TPSA) is 41.6 Å². The Kier molecular flexibility index (Phi) is 4.11. The number of amides is 1. The number of alkyl carbamates (subject to hydrolysis) is 1. The fourth-order valence-electron chi connectivity index (χ4n) is 3.80. The van der Waals surface area contributed by atoms with Gasteiger partial charge in [0.25, 0.3) is 0 Å². The minimum atomic E-state index is -1.37.